The Balaban J connectivity index is 1.67. The molecule has 0 aromatic carbocycles. The number of aromatic amines is 1. The minimum atomic E-state index is -0.285. The minimum absolute atomic E-state index is 0.0336. The molecule has 26 heavy (non-hydrogen) atoms. The van der Waals surface area contributed by atoms with Gasteiger partial charge in [0.15, 0.2) is 10.9 Å². The molecule has 0 radical (unpaired) electrons. The van der Waals surface area contributed by atoms with E-state index < -0.39 is 0 Å². The lowest BCUT2D eigenvalue weighted by molar-refractivity contribution is -0.113. The van der Waals surface area contributed by atoms with Crippen molar-refractivity contribution in [3.05, 3.63) is 35.3 Å². The van der Waals surface area contributed by atoms with Crippen LogP contribution in [-0.4, -0.2) is 43.8 Å². The Bertz CT molecular complexity index is 1030. The number of thioether (sulfide) groups is 1. The molecule has 132 valence electrons. The largest absolute Gasteiger partial charge is 0.503 e. The maximum absolute atomic E-state index is 12.1. The number of hydrogen-bond acceptors (Lipinski definition) is 7. The number of anilines is 1. The van der Waals surface area contributed by atoms with E-state index in [0.717, 1.165) is 0 Å². The van der Waals surface area contributed by atoms with Crippen molar-refractivity contribution in [1.29, 1.82) is 0 Å². The van der Waals surface area contributed by atoms with Crippen LogP contribution in [0.4, 0.5) is 11.6 Å². The number of rotatable bonds is 5. The molecular formula is C16H14N6O3S. The Hall–Kier alpha value is -3.32. The fourth-order valence-corrected chi connectivity index (χ4v) is 2.90. The zero-order chi connectivity index (χ0) is 18.7. The van der Waals surface area contributed by atoms with Crippen LogP contribution in [0, 0.1) is 13.5 Å². The van der Waals surface area contributed by atoms with Crippen LogP contribution < -0.4 is 10.1 Å². The summed E-state index contributed by atoms with van der Waals surface area (Å²) >= 11 is 1.22. The summed E-state index contributed by atoms with van der Waals surface area (Å²) in [5, 5.41) is 12.7. The predicted octanol–water partition coefficient (Wildman–Crippen LogP) is 2.66. The molecular weight excluding hydrogens is 356 g/mol. The van der Waals surface area contributed by atoms with Gasteiger partial charge in [0.05, 0.1) is 18.4 Å². The number of carbonyl (C=O) groups is 1. The highest BCUT2D eigenvalue weighted by atomic mass is 32.2. The number of ether oxygens (including phenoxy) is 1. The van der Waals surface area contributed by atoms with E-state index in [9.17, 15) is 9.90 Å². The Labute approximate surface area is 152 Å². The van der Waals surface area contributed by atoms with Crippen LogP contribution in [0.15, 0.2) is 23.5 Å². The molecule has 0 unspecified atom stereocenters. The van der Waals surface area contributed by atoms with Crippen molar-refractivity contribution in [2.45, 2.75) is 12.1 Å². The van der Waals surface area contributed by atoms with Gasteiger partial charge in [-0.05, 0) is 19.1 Å². The lowest BCUT2D eigenvalue weighted by Gasteiger charge is -2.06. The van der Waals surface area contributed by atoms with Crippen molar-refractivity contribution in [3.8, 4) is 11.6 Å². The summed E-state index contributed by atoms with van der Waals surface area (Å²) in [5.41, 5.74) is 2.08. The number of H-pyrrole nitrogens is 1. The van der Waals surface area contributed by atoms with E-state index in [2.05, 4.69) is 30.1 Å². The summed E-state index contributed by atoms with van der Waals surface area (Å²) in [4.78, 5) is 31.0. The number of methoxy groups -OCH3 is 1. The fourth-order valence-electron chi connectivity index (χ4n) is 2.22. The van der Waals surface area contributed by atoms with Gasteiger partial charge in [0.1, 0.15) is 17.5 Å². The predicted molar refractivity (Wildman–Crippen MR) is 96.7 cm³/mol. The van der Waals surface area contributed by atoms with E-state index in [1.54, 1.807) is 13.1 Å². The molecule has 3 aromatic heterocycles. The second kappa shape index (κ2) is 7.28. The monoisotopic (exact) mass is 370 g/mol. The second-order valence-electron chi connectivity index (χ2n) is 5.18. The van der Waals surface area contributed by atoms with Crippen LogP contribution in [0.25, 0.3) is 15.9 Å². The average molecular weight is 370 g/mol. The molecule has 3 aromatic rings. The number of fused-ring (bicyclic) bond motifs is 1. The summed E-state index contributed by atoms with van der Waals surface area (Å²) in [6, 6.07) is 2.86. The highest BCUT2D eigenvalue weighted by molar-refractivity contribution is 7.99. The van der Waals surface area contributed by atoms with Gasteiger partial charge in [0, 0.05) is 5.56 Å². The normalized spacial score (nSPS) is 10.5. The molecule has 0 aliphatic rings. The van der Waals surface area contributed by atoms with Crippen molar-refractivity contribution < 1.29 is 14.6 Å². The van der Waals surface area contributed by atoms with Crippen molar-refractivity contribution >= 4 is 40.3 Å². The molecule has 0 saturated carbocycles. The summed E-state index contributed by atoms with van der Waals surface area (Å²) in [6.07, 6.45) is 1.56. The molecule has 0 fully saturated rings. The van der Waals surface area contributed by atoms with Crippen LogP contribution in [0.2, 0.25) is 0 Å². The molecule has 1 amide bonds. The first kappa shape index (κ1) is 17.5. The van der Waals surface area contributed by atoms with Gasteiger partial charge in [0.25, 0.3) is 11.7 Å². The van der Waals surface area contributed by atoms with Crippen LogP contribution in [0.3, 0.4) is 0 Å². The lowest BCUT2D eigenvalue weighted by Crippen LogP contribution is -2.15. The Morgan fingerprint density at radius 3 is 3.00 bits per heavy atom. The number of nitrogens with one attached hydrogen (secondary N) is 2. The zero-order valence-electron chi connectivity index (χ0n) is 13.9. The standard InChI is InChI=1S/C16H14N6O3S/c1-8-13-9(6-18-14(8)17-2)19-16(22-13)26-7-12(24)20-11-5-4-10(23)15(21-11)25-3/h4-6,23H,7H2,1,3H3,(H,19,22)(H,20,21,24). The number of imidazole rings is 1. The molecule has 0 atom stereocenters. The molecule has 0 bridgehead atoms. The fraction of sp³-hybridized carbons (Fsp3) is 0.188. The second-order valence-corrected chi connectivity index (χ2v) is 6.15. The topological polar surface area (TPSA) is 117 Å². The zero-order valence-corrected chi connectivity index (χ0v) is 14.7. The molecule has 10 heteroatoms. The Morgan fingerprint density at radius 2 is 2.27 bits per heavy atom. The van der Waals surface area contributed by atoms with E-state index >= 15 is 0 Å². The lowest BCUT2D eigenvalue weighted by atomic mass is 10.2. The first-order chi connectivity index (χ1) is 12.5. The van der Waals surface area contributed by atoms with E-state index in [0.29, 0.717) is 27.6 Å². The molecule has 3 rings (SSSR count). The number of carbonyl (C=O) groups excluding carboxylic acids is 1. The summed E-state index contributed by atoms with van der Waals surface area (Å²) in [5.74, 6) is 0.332. The number of amides is 1. The maximum atomic E-state index is 12.1. The number of hydrogen-bond donors (Lipinski definition) is 3. The molecule has 3 N–H and O–H groups in total. The van der Waals surface area contributed by atoms with Crippen LogP contribution in [0.5, 0.6) is 11.6 Å². The summed E-state index contributed by atoms with van der Waals surface area (Å²) < 4.78 is 4.90. The van der Waals surface area contributed by atoms with Gasteiger partial charge in [-0.1, -0.05) is 18.3 Å². The number of aromatic nitrogens is 4. The van der Waals surface area contributed by atoms with Crippen LogP contribution in [-0.2, 0) is 4.79 Å². The van der Waals surface area contributed by atoms with Crippen molar-refractivity contribution in [3.63, 3.8) is 0 Å². The Morgan fingerprint density at radius 1 is 1.46 bits per heavy atom. The number of aromatic hydroxyl groups is 1. The molecule has 9 nitrogen and oxygen atoms in total. The maximum Gasteiger partial charge on any atom is 0.274 e. The van der Waals surface area contributed by atoms with E-state index in [1.165, 1.54) is 31.0 Å². The van der Waals surface area contributed by atoms with Crippen molar-refractivity contribution in [1.82, 2.24) is 19.9 Å². The average Bonchev–Trinajstić information content (AvgIpc) is 3.06. The van der Waals surface area contributed by atoms with Gasteiger partial charge in [-0.3, -0.25) is 4.79 Å². The van der Waals surface area contributed by atoms with Gasteiger partial charge >= 0.3 is 0 Å². The molecule has 0 spiro atoms. The third-order valence-electron chi connectivity index (χ3n) is 3.46. The SMILES string of the molecule is [C-]#[N+]c1ncc2[nH]c(SCC(=O)Nc3ccc(O)c(OC)n3)nc2c1C. The van der Waals surface area contributed by atoms with Crippen LogP contribution >= 0.6 is 11.8 Å². The Kier molecular flexibility index (Phi) is 4.90. The highest BCUT2D eigenvalue weighted by Gasteiger charge is 2.13. The van der Waals surface area contributed by atoms with Gasteiger partial charge < -0.3 is 25.0 Å². The smallest absolute Gasteiger partial charge is 0.274 e. The van der Waals surface area contributed by atoms with E-state index in [1.807, 2.05) is 0 Å². The number of aryl methyl sites for hydroxylation is 1. The third-order valence-corrected chi connectivity index (χ3v) is 4.34. The third kappa shape index (κ3) is 3.52. The van der Waals surface area contributed by atoms with Crippen molar-refractivity contribution in [2.75, 3.05) is 18.2 Å². The van der Waals surface area contributed by atoms with Gasteiger partial charge in [-0.15, -0.1) is 4.98 Å². The van der Waals surface area contributed by atoms with Crippen LogP contribution in [0.1, 0.15) is 5.56 Å². The molecule has 0 aliphatic carbocycles. The van der Waals surface area contributed by atoms with Gasteiger partial charge in [0.2, 0.25) is 5.91 Å². The van der Waals surface area contributed by atoms with Gasteiger partial charge in [-0.25, -0.2) is 4.98 Å². The number of nitrogens with zero attached hydrogens (tertiary/aromatic N) is 4. The number of pyridine rings is 2. The quantitative estimate of drug-likeness (QED) is 0.467. The first-order valence-corrected chi connectivity index (χ1v) is 8.39. The summed E-state index contributed by atoms with van der Waals surface area (Å²) in [6.45, 7) is 8.88. The molecule has 3 heterocycles. The van der Waals surface area contributed by atoms with E-state index in [-0.39, 0.29) is 29.1 Å². The van der Waals surface area contributed by atoms with E-state index in [4.69, 9.17) is 11.3 Å². The first-order valence-electron chi connectivity index (χ1n) is 7.41. The minimum Gasteiger partial charge on any atom is -0.503 e. The molecule has 0 aliphatic heterocycles. The van der Waals surface area contributed by atoms with Crippen molar-refractivity contribution in [2.24, 2.45) is 0 Å². The summed E-state index contributed by atoms with van der Waals surface area (Å²) in [7, 11) is 1.38. The highest BCUT2D eigenvalue weighted by Crippen LogP contribution is 2.27. The molecule has 0 saturated heterocycles. The van der Waals surface area contributed by atoms with Gasteiger partial charge in [-0.2, -0.15) is 4.98 Å².